The molecular weight excluding hydrogens is 380 g/mol. The molecule has 7 heteroatoms. The van der Waals surface area contributed by atoms with Crippen molar-refractivity contribution >= 4 is 35.0 Å². The van der Waals surface area contributed by atoms with Crippen LogP contribution in [-0.2, 0) is 17.8 Å². The van der Waals surface area contributed by atoms with E-state index in [4.69, 9.17) is 11.6 Å². The van der Waals surface area contributed by atoms with Crippen molar-refractivity contribution in [1.29, 1.82) is 0 Å². The molecule has 1 saturated carbocycles. The number of carbonyl (C=O) groups excluding carboxylic acids is 1. The standard InChI is InChI=1S/C20H27ClN4OS/c1-3-25-18(11-15-7-5-4-6-8-15)23-24-20(25)27-13-19(26)22-17-12-16(21)10-9-14(17)2/h9-10,12,15H,3-8,11,13H2,1-2H3,(H,22,26). The second kappa shape index (κ2) is 9.60. The van der Waals surface area contributed by atoms with Crippen molar-refractivity contribution in [3.05, 3.63) is 34.6 Å². The Morgan fingerprint density at radius 1 is 1.30 bits per heavy atom. The quantitative estimate of drug-likeness (QED) is 0.648. The molecule has 1 aromatic carbocycles. The fourth-order valence-electron chi connectivity index (χ4n) is 3.59. The minimum absolute atomic E-state index is 0.0650. The summed E-state index contributed by atoms with van der Waals surface area (Å²) < 4.78 is 2.15. The highest BCUT2D eigenvalue weighted by Gasteiger charge is 2.19. The van der Waals surface area contributed by atoms with Crippen LogP contribution in [0.15, 0.2) is 23.4 Å². The first kappa shape index (κ1) is 20.2. The van der Waals surface area contributed by atoms with E-state index in [0.717, 1.165) is 41.1 Å². The van der Waals surface area contributed by atoms with Crippen LogP contribution in [-0.4, -0.2) is 26.4 Å². The first-order valence-corrected chi connectivity index (χ1v) is 11.0. The maximum absolute atomic E-state index is 12.3. The van der Waals surface area contributed by atoms with E-state index in [1.807, 2.05) is 19.1 Å². The number of halogens is 1. The molecule has 2 aromatic rings. The van der Waals surface area contributed by atoms with E-state index in [-0.39, 0.29) is 5.91 Å². The van der Waals surface area contributed by atoms with Gasteiger partial charge in [-0.05, 0) is 37.5 Å². The number of nitrogens with one attached hydrogen (secondary N) is 1. The lowest BCUT2D eigenvalue weighted by molar-refractivity contribution is -0.113. The van der Waals surface area contributed by atoms with Crippen molar-refractivity contribution in [1.82, 2.24) is 14.8 Å². The highest BCUT2D eigenvalue weighted by molar-refractivity contribution is 7.99. The molecule has 1 aliphatic carbocycles. The van der Waals surface area contributed by atoms with Crippen LogP contribution in [0.25, 0.3) is 0 Å². The van der Waals surface area contributed by atoms with Crippen LogP contribution in [0.5, 0.6) is 0 Å². The number of hydrogen-bond donors (Lipinski definition) is 1. The zero-order chi connectivity index (χ0) is 19.2. The van der Waals surface area contributed by atoms with Crippen LogP contribution < -0.4 is 5.32 Å². The van der Waals surface area contributed by atoms with Crippen LogP contribution in [0.1, 0.15) is 50.4 Å². The van der Waals surface area contributed by atoms with Crippen molar-refractivity contribution in [3.8, 4) is 0 Å². The van der Waals surface area contributed by atoms with Crippen LogP contribution in [0.4, 0.5) is 5.69 Å². The largest absolute Gasteiger partial charge is 0.325 e. The molecule has 0 bridgehead atoms. The van der Waals surface area contributed by atoms with Gasteiger partial charge in [-0.15, -0.1) is 10.2 Å². The highest BCUT2D eigenvalue weighted by Crippen LogP contribution is 2.28. The number of benzene rings is 1. The number of hydrogen-bond acceptors (Lipinski definition) is 4. The monoisotopic (exact) mass is 406 g/mol. The molecule has 27 heavy (non-hydrogen) atoms. The minimum Gasteiger partial charge on any atom is -0.325 e. The zero-order valence-corrected chi connectivity index (χ0v) is 17.6. The molecule has 3 rings (SSSR count). The van der Waals surface area contributed by atoms with Crippen LogP contribution in [0.3, 0.4) is 0 Å². The van der Waals surface area contributed by atoms with E-state index in [9.17, 15) is 4.79 Å². The van der Waals surface area contributed by atoms with E-state index in [0.29, 0.717) is 10.8 Å². The second-order valence-electron chi connectivity index (χ2n) is 7.15. The van der Waals surface area contributed by atoms with Gasteiger partial charge in [0.2, 0.25) is 5.91 Å². The molecule has 5 nitrogen and oxygen atoms in total. The van der Waals surface area contributed by atoms with Crippen molar-refractivity contribution in [3.63, 3.8) is 0 Å². The molecule has 146 valence electrons. The SMILES string of the molecule is CCn1c(CC2CCCCC2)nnc1SCC(=O)Nc1cc(Cl)ccc1C. The molecule has 0 aliphatic heterocycles. The highest BCUT2D eigenvalue weighted by atomic mass is 35.5. The fourth-order valence-corrected chi connectivity index (χ4v) is 4.58. The lowest BCUT2D eigenvalue weighted by atomic mass is 9.87. The summed E-state index contributed by atoms with van der Waals surface area (Å²) >= 11 is 7.45. The summed E-state index contributed by atoms with van der Waals surface area (Å²) in [6, 6.07) is 5.49. The third-order valence-corrected chi connectivity index (χ3v) is 6.31. The maximum atomic E-state index is 12.3. The molecule has 0 atom stereocenters. The van der Waals surface area contributed by atoms with Gasteiger partial charge >= 0.3 is 0 Å². The topological polar surface area (TPSA) is 59.8 Å². The first-order chi connectivity index (χ1) is 13.1. The molecule has 1 fully saturated rings. The average molecular weight is 407 g/mol. The van der Waals surface area contributed by atoms with Crippen molar-refractivity contribution in [2.24, 2.45) is 5.92 Å². The summed E-state index contributed by atoms with van der Waals surface area (Å²) in [4.78, 5) is 12.3. The Bertz CT molecular complexity index is 786. The van der Waals surface area contributed by atoms with Gasteiger partial charge in [0.25, 0.3) is 0 Å². The summed E-state index contributed by atoms with van der Waals surface area (Å²) in [6.07, 6.45) is 7.60. The summed E-state index contributed by atoms with van der Waals surface area (Å²) in [6.45, 7) is 4.88. The average Bonchev–Trinajstić information content (AvgIpc) is 3.05. The lowest BCUT2D eigenvalue weighted by Crippen LogP contribution is -2.16. The predicted octanol–water partition coefficient (Wildman–Crippen LogP) is 5.11. The molecule has 1 N–H and O–H groups in total. The summed E-state index contributed by atoms with van der Waals surface area (Å²) in [5.74, 6) is 2.01. The number of carbonyl (C=O) groups is 1. The van der Waals surface area contributed by atoms with E-state index in [1.54, 1.807) is 6.07 Å². The Kier molecular flexibility index (Phi) is 7.19. The van der Waals surface area contributed by atoms with Crippen molar-refractivity contribution in [2.75, 3.05) is 11.1 Å². The van der Waals surface area contributed by atoms with Gasteiger partial charge in [-0.3, -0.25) is 4.79 Å². The smallest absolute Gasteiger partial charge is 0.234 e. The van der Waals surface area contributed by atoms with Crippen LogP contribution in [0.2, 0.25) is 5.02 Å². The summed E-state index contributed by atoms with van der Waals surface area (Å²) in [7, 11) is 0. The number of aryl methyl sites for hydroxylation is 1. The van der Waals surface area contributed by atoms with Gasteiger partial charge in [-0.2, -0.15) is 0 Å². The van der Waals surface area contributed by atoms with Crippen LogP contribution >= 0.6 is 23.4 Å². The normalized spacial score (nSPS) is 15.1. The van der Waals surface area contributed by atoms with Crippen molar-refractivity contribution in [2.45, 2.75) is 64.1 Å². The Balaban J connectivity index is 1.58. The predicted molar refractivity (Wildman–Crippen MR) is 112 cm³/mol. The minimum atomic E-state index is -0.0650. The fraction of sp³-hybridized carbons (Fsp3) is 0.550. The van der Waals surface area contributed by atoms with Gasteiger partial charge in [0.05, 0.1) is 5.75 Å². The Hall–Kier alpha value is -1.53. The molecule has 1 heterocycles. The maximum Gasteiger partial charge on any atom is 0.234 e. The third-order valence-electron chi connectivity index (χ3n) is 5.11. The third kappa shape index (κ3) is 5.48. The molecule has 0 saturated heterocycles. The van der Waals surface area contributed by atoms with Gasteiger partial charge in [0.1, 0.15) is 5.82 Å². The molecule has 0 unspecified atom stereocenters. The van der Waals surface area contributed by atoms with Gasteiger partial charge in [0.15, 0.2) is 5.16 Å². The van der Waals surface area contributed by atoms with E-state index in [1.165, 1.54) is 43.9 Å². The molecule has 0 spiro atoms. The molecule has 1 aromatic heterocycles. The number of aromatic nitrogens is 3. The Morgan fingerprint density at radius 2 is 2.07 bits per heavy atom. The summed E-state index contributed by atoms with van der Waals surface area (Å²) in [5.41, 5.74) is 1.74. The van der Waals surface area contributed by atoms with E-state index in [2.05, 4.69) is 27.0 Å². The number of thioether (sulfide) groups is 1. The summed E-state index contributed by atoms with van der Waals surface area (Å²) in [5, 5.41) is 13.1. The first-order valence-electron chi connectivity index (χ1n) is 9.67. The molecule has 0 radical (unpaired) electrons. The van der Waals surface area contributed by atoms with E-state index < -0.39 is 0 Å². The van der Waals surface area contributed by atoms with E-state index >= 15 is 0 Å². The molecular formula is C20H27ClN4OS. The number of amides is 1. The van der Waals surface area contributed by atoms with Gasteiger partial charge in [-0.1, -0.05) is 61.5 Å². The number of anilines is 1. The Labute approximate surface area is 170 Å². The van der Waals surface area contributed by atoms with Gasteiger partial charge in [0, 0.05) is 23.7 Å². The number of nitrogens with zero attached hydrogens (tertiary/aromatic N) is 3. The molecule has 1 amide bonds. The lowest BCUT2D eigenvalue weighted by Gasteiger charge is -2.21. The second-order valence-corrected chi connectivity index (χ2v) is 8.53. The van der Waals surface area contributed by atoms with Crippen LogP contribution in [0, 0.1) is 12.8 Å². The number of rotatable bonds is 7. The zero-order valence-electron chi connectivity index (χ0n) is 16.0. The van der Waals surface area contributed by atoms with Gasteiger partial charge < -0.3 is 9.88 Å². The van der Waals surface area contributed by atoms with Gasteiger partial charge in [-0.25, -0.2) is 0 Å². The van der Waals surface area contributed by atoms with Crippen molar-refractivity contribution < 1.29 is 4.79 Å². The molecule has 1 aliphatic rings. The Morgan fingerprint density at radius 3 is 2.81 bits per heavy atom.